The Kier molecular flexibility index (Phi) is 7.61. The Bertz CT molecular complexity index is 464. The van der Waals surface area contributed by atoms with Gasteiger partial charge in [-0.25, -0.2) is 0 Å². The highest BCUT2D eigenvalue weighted by atomic mass is 79.9. The molecule has 0 fully saturated rings. The first kappa shape index (κ1) is 17.5. The number of aliphatic carboxylic acids is 1. The molecule has 0 spiro atoms. The molecule has 0 saturated heterocycles. The molecule has 7 heteroatoms. The van der Waals surface area contributed by atoms with E-state index in [1.54, 1.807) is 16.2 Å². The predicted molar refractivity (Wildman–Crippen MR) is 87.3 cm³/mol. The van der Waals surface area contributed by atoms with E-state index in [9.17, 15) is 9.59 Å². The van der Waals surface area contributed by atoms with Crippen molar-refractivity contribution in [2.75, 3.05) is 12.3 Å². The maximum absolute atomic E-state index is 12.1. The number of rotatable bonds is 8. The molecule has 1 N–H and O–H groups in total. The highest BCUT2D eigenvalue weighted by molar-refractivity contribution is 9.11. The minimum Gasteiger partial charge on any atom is -0.480 e. The summed E-state index contributed by atoms with van der Waals surface area (Å²) in [5, 5.41) is 8.46. The van der Waals surface area contributed by atoms with Gasteiger partial charge in [-0.15, -0.1) is 23.1 Å². The highest BCUT2D eigenvalue weighted by Crippen LogP contribution is 2.24. The molecule has 1 aromatic heterocycles. The lowest BCUT2D eigenvalue weighted by Gasteiger charge is -2.20. The molecule has 0 saturated carbocycles. The van der Waals surface area contributed by atoms with Crippen molar-refractivity contribution in [2.24, 2.45) is 0 Å². The number of halogens is 1. The van der Waals surface area contributed by atoms with Crippen LogP contribution in [0.4, 0.5) is 0 Å². The first-order valence-electron chi connectivity index (χ1n) is 6.34. The van der Waals surface area contributed by atoms with Crippen molar-refractivity contribution in [3.8, 4) is 0 Å². The number of amides is 1. The van der Waals surface area contributed by atoms with Crippen molar-refractivity contribution in [3.63, 3.8) is 0 Å². The van der Waals surface area contributed by atoms with Crippen LogP contribution in [-0.2, 0) is 16.1 Å². The van der Waals surface area contributed by atoms with Gasteiger partial charge in [0.25, 0.3) is 0 Å². The number of nitrogens with zero attached hydrogens (tertiary/aromatic N) is 1. The Morgan fingerprint density at radius 2 is 2.15 bits per heavy atom. The van der Waals surface area contributed by atoms with Crippen molar-refractivity contribution in [1.82, 2.24) is 4.90 Å². The normalized spacial score (nSPS) is 12.2. The zero-order valence-electron chi connectivity index (χ0n) is 11.5. The largest absolute Gasteiger partial charge is 0.480 e. The molecule has 1 amide bonds. The second kappa shape index (κ2) is 8.69. The van der Waals surface area contributed by atoms with Crippen molar-refractivity contribution < 1.29 is 14.7 Å². The van der Waals surface area contributed by atoms with Gasteiger partial charge in [0.1, 0.15) is 5.25 Å². The van der Waals surface area contributed by atoms with E-state index in [2.05, 4.69) is 15.9 Å². The lowest BCUT2D eigenvalue weighted by molar-refractivity contribution is -0.136. The third kappa shape index (κ3) is 5.46. The van der Waals surface area contributed by atoms with Crippen LogP contribution < -0.4 is 0 Å². The van der Waals surface area contributed by atoms with Crippen LogP contribution in [0.2, 0.25) is 0 Å². The standard InChI is InChI=1S/C13H18BrNO3S2/c1-3-10(13(17)18)19-8-12(16)15(4-2)7-9-5-6-11(14)20-9/h5-6,10H,3-4,7-8H2,1-2H3,(H,17,18). The predicted octanol–water partition coefficient (Wildman–Crippen LogP) is 3.46. The molecule has 112 valence electrons. The molecule has 1 heterocycles. The lowest BCUT2D eigenvalue weighted by Crippen LogP contribution is -2.32. The summed E-state index contributed by atoms with van der Waals surface area (Å²) in [6, 6.07) is 3.95. The van der Waals surface area contributed by atoms with Crippen molar-refractivity contribution in [2.45, 2.75) is 32.1 Å². The molecule has 1 aromatic rings. The molecule has 1 unspecified atom stereocenters. The molecule has 0 aromatic carbocycles. The Morgan fingerprint density at radius 1 is 1.45 bits per heavy atom. The second-order valence-electron chi connectivity index (χ2n) is 4.16. The van der Waals surface area contributed by atoms with Crippen molar-refractivity contribution >= 4 is 50.9 Å². The van der Waals surface area contributed by atoms with Gasteiger partial charge >= 0.3 is 5.97 Å². The third-order valence-corrected chi connectivity index (χ3v) is 5.72. The Labute approximate surface area is 135 Å². The van der Waals surface area contributed by atoms with Crippen LogP contribution in [0.3, 0.4) is 0 Å². The van der Waals surface area contributed by atoms with E-state index in [4.69, 9.17) is 5.11 Å². The number of carboxylic acid groups (broad SMARTS) is 1. The van der Waals surface area contributed by atoms with Crippen LogP contribution in [0.15, 0.2) is 15.9 Å². The fourth-order valence-electron chi connectivity index (χ4n) is 1.63. The number of carboxylic acids is 1. The molecule has 20 heavy (non-hydrogen) atoms. The third-order valence-electron chi connectivity index (χ3n) is 2.76. The van der Waals surface area contributed by atoms with Crippen LogP contribution >= 0.6 is 39.0 Å². The minimum absolute atomic E-state index is 0.0123. The molecule has 4 nitrogen and oxygen atoms in total. The molecule has 1 atom stereocenters. The fourth-order valence-corrected chi connectivity index (χ4v) is 4.03. The maximum atomic E-state index is 12.1. The summed E-state index contributed by atoms with van der Waals surface area (Å²) in [6.45, 7) is 4.95. The van der Waals surface area contributed by atoms with Crippen LogP contribution in [0, 0.1) is 0 Å². The first-order chi connectivity index (χ1) is 9.47. The topological polar surface area (TPSA) is 57.6 Å². The monoisotopic (exact) mass is 379 g/mol. The van der Waals surface area contributed by atoms with Gasteiger partial charge in [-0.3, -0.25) is 9.59 Å². The molecule has 0 aliphatic rings. The minimum atomic E-state index is -0.851. The Balaban J connectivity index is 2.52. The number of thioether (sulfide) groups is 1. The van der Waals surface area contributed by atoms with E-state index >= 15 is 0 Å². The molecule has 1 rings (SSSR count). The lowest BCUT2D eigenvalue weighted by atomic mass is 10.3. The second-order valence-corrected chi connectivity index (χ2v) is 7.90. The van der Waals surface area contributed by atoms with Gasteiger partial charge in [0.2, 0.25) is 5.91 Å². The fraction of sp³-hybridized carbons (Fsp3) is 0.538. The number of carbonyl (C=O) groups excluding carboxylic acids is 1. The zero-order valence-corrected chi connectivity index (χ0v) is 14.7. The van der Waals surface area contributed by atoms with Gasteiger partial charge in [-0.1, -0.05) is 6.92 Å². The summed E-state index contributed by atoms with van der Waals surface area (Å²) in [5.74, 6) is -0.650. The quantitative estimate of drug-likeness (QED) is 0.751. The summed E-state index contributed by atoms with van der Waals surface area (Å²) in [4.78, 5) is 25.9. The Hall–Kier alpha value is -0.530. The van der Waals surface area contributed by atoms with Gasteiger partial charge in [-0.2, -0.15) is 0 Å². The van der Waals surface area contributed by atoms with E-state index in [0.29, 0.717) is 19.5 Å². The van der Waals surface area contributed by atoms with Crippen LogP contribution in [-0.4, -0.2) is 39.4 Å². The summed E-state index contributed by atoms with van der Waals surface area (Å²) >= 11 is 6.21. The zero-order chi connectivity index (χ0) is 15.1. The van der Waals surface area contributed by atoms with Gasteiger partial charge in [-0.05, 0) is 41.4 Å². The summed E-state index contributed by atoms with van der Waals surface area (Å²) in [7, 11) is 0. The molecule has 0 aliphatic carbocycles. The average Bonchev–Trinajstić information content (AvgIpc) is 2.81. The van der Waals surface area contributed by atoms with E-state index in [0.717, 1.165) is 8.66 Å². The molecular weight excluding hydrogens is 362 g/mol. The van der Waals surface area contributed by atoms with E-state index in [1.165, 1.54) is 11.8 Å². The molecule has 0 radical (unpaired) electrons. The number of thiophene rings is 1. The van der Waals surface area contributed by atoms with E-state index < -0.39 is 11.2 Å². The van der Waals surface area contributed by atoms with E-state index in [-0.39, 0.29) is 11.7 Å². The number of carbonyl (C=O) groups is 2. The van der Waals surface area contributed by atoms with Gasteiger partial charge in [0.05, 0.1) is 16.1 Å². The van der Waals surface area contributed by atoms with Crippen LogP contribution in [0.5, 0.6) is 0 Å². The van der Waals surface area contributed by atoms with Gasteiger partial charge < -0.3 is 10.0 Å². The SMILES string of the molecule is CCC(SCC(=O)N(CC)Cc1ccc(Br)s1)C(=O)O. The van der Waals surface area contributed by atoms with Gasteiger partial charge in [0.15, 0.2) is 0 Å². The smallest absolute Gasteiger partial charge is 0.316 e. The molecular formula is C13H18BrNO3S2. The van der Waals surface area contributed by atoms with Crippen molar-refractivity contribution in [3.05, 3.63) is 20.8 Å². The maximum Gasteiger partial charge on any atom is 0.316 e. The average molecular weight is 380 g/mol. The first-order valence-corrected chi connectivity index (χ1v) is 9.00. The van der Waals surface area contributed by atoms with Gasteiger partial charge in [0, 0.05) is 11.4 Å². The summed E-state index contributed by atoms with van der Waals surface area (Å²) < 4.78 is 1.04. The molecule has 0 aliphatic heterocycles. The number of hydrogen-bond donors (Lipinski definition) is 1. The highest BCUT2D eigenvalue weighted by Gasteiger charge is 2.19. The van der Waals surface area contributed by atoms with E-state index in [1.807, 2.05) is 26.0 Å². The summed E-state index contributed by atoms with van der Waals surface area (Å²) in [6.07, 6.45) is 0.525. The van der Waals surface area contributed by atoms with Crippen molar-refractivity contribution in [1.29, 1.82) is 0 Å². The number of hydrogen-bond acceptors (Lipinski definition) is 4. The van der Waals surface area contributed by atoms with Crippen LogP contribution in [0.25, 0.3) is 0 Å². The molecule has 0 bridgehead atoms. The Morgan fingerprint density at radius 3 is 2.60 bits per heavy atom. The summed E-state index contributed by atoms with van der Waals surface area (Å²) in [5.41, 5.74) is 0. The van der Waals surface area contributed by atoms with Crippen LogP contribution in [0.1, 0.15) is 25.1 Å².